The molecule has 0 aromatic heterocycles. The van der Waals surface area contributed by atoms with Gasteiger partial charge >= 0.3 is 5.97 Å². The number of carbonyl (C=O) groups excluding carboxylic acids is 1. The lowest BCUT2D eigenvalue weighted by Gasteiger charge is -2.06. The predicted molar refractivity (Wildman–Crippen MR) is 55.3 cm³/mol. The van der Waals surface area contributed by atoms with E-state index in [9.17, 15) is 14.0 Å². The number of alkyl halides is 1. The molecule has 0 bridgehead atoms. The van der Waals surface area contributed by atoms with Crippen LogP contribution >= 0.6 is 27.5 Å². The van der Waals surface area contributed by atoms with E-state index in [1.807, 2.05) is 0 Å². The first-order valence-electron chi connectivity index (χ1n) is 3.79. The minimum atomic E-state index is -1.62. The van der Waals surface area contributed by atoms with Crippen molar-refractivity contribution in [3.05, 3.63) is 34.1 Å². The largest absolute Gasteiger partial charge is 0.475 e. The Morgan fingerprint density at radius 1 is 1.47 bits per heavy atom. The van der Waals surface area contributed by atoms with E-state index in [2.05, 4.69) is 15.9 Å². The fourth-order valence-corrected chi connectivity index (χ4v) is 1.56. The molecule has 0 amide bonds. The Hall–Kier alpha value is -0.940. The molecule has 6 heteroatoms. The fraction of sp³-hybridized carbons (Fsp3) is 0.111. The number of Topliss-reactive ketones (excluding diaryl/α,β-unsaturated/α-hetero) is 1. The molecule has 1 unspecified atom stereocenters. The number of hydrogen-bond donors (Lipinski definition) is 1. The third kappa shape index (κ3) is 2.76. The number of benzene rings is 1. The van der Waals surface area contributed by atoms with E-state index in [4.69, 9.17) is 16.7 Å². The summed E-state index contributed by atoms with van der Waals surface area (Å²) in [5.74, 6) is -3.27. The average molecular weight is 295 g/mol. The molecule has 0 aliphatic rings. The molecule has 0 spiro atoms. The van der Waals surface area contributed by atoms with Gasteiger partial charge in [-0.15, -0.1) is 11.6 Å². The number of carboxylic acids is 1. The van der Waals surface area contributed by atoms with Gasteiger partial charge in [0, 0.05) is 0 Å². The maximum Gasteiger partial charge on any atom is 0.374 e. The SMILES string of the molecule is O=C(O)C(=O)C(Cl)c1ccc(F)c(Br)c1. The van der Waals surface area contributed by atoms with Crippen molar-refractivity contribution in [2.24, 2.45) is 0 Å². The molecular formula is C9H5BrClFO3. The first-order chi connectivity index (χ1) is 6.93. The highest BCUT2D eigenvalue weighted by Gasteiger charge is 2.24. The summed E-state index contributed by atoms with van der Waals surface area (Å²) < 4.78 is 13.0. The van der Waals surface area contributed by atoms with Crippen molar-refractivity contribution < 1.29 is 19.1 Å². The van der Waals surface area contributed by atoms with Crippen LogP contribution < -0.4 is 0 Å². The van der Waals surface area contributed by atoms with Crippen LogP contribution in [0.2, 0.25) is 0 Å². The Kier molecular flexibility index (Phi) is 3.82. The molecule has 1 aromatic carbocycles. The molecule has 1 atom stereocenters. The van der Waals surface area contributed by atoms with Crippen molar-refractivity contribution in [3.8, 4) is 0 Å². The number of carbonyl (C=O) groups is 2. The van der Waals surface area contributed by atoms with Crippen LogP contribution in [0, 0.1) is 5.82 Å². The van der Waals surface area contributed by atoms with E-state index in [1.165, 1.54) is 12.1 Å². The van der Waals surface area contributed by atoms with Crippen LogP contribution in [0.25, 0.3) is 0 Å². The van der Waals surface area contributed by atoms with Gasteiger partial charge in [-0.3, -0.25) is 4.79 Å². The lowest BCUT2D eigenvalue weighted by Crippen LogP contribution is -2.17. The van der Waals surface area contributed by atoms with E-state index >= 15 is 0 Å². The minimum absolute atomic E-state index is 0.129. The number of rotatable bonds is 3. The molecule has 0 saturated heterocycles. The third-order valence-electron chi connectivity index (χ3n) is 1.68. The first-order valence-corrected chi connectivity index (χ1v) is 5.02. The molecule has 0 saturated carbocycles. The van der Waals surface area contributed by atoms with Crippen LogP contribution in [0.4, 0.5) is 4.39 Å². The van der Waals surface area contributed by atoms with Gasteiger partial charge in [-0.05, 0) is 33.6 Å². The monoisotopic (exact) mass is 294 g/mol. The highest BCUT2D eigenvalue weighted by Crippen LogP contribution is 2.26. The van der Waals surface area contributed by atoms with Crippen LogP contribution in [0.5, 0.6) is 0 Å². The Morgan fingerprint density at radius 3 is 2.53 bits per heavy atom. The summed E-state index contributed by atoms with van der Waals surface area (Å²) >= 11 is 8.51. The molecule has 0 fully saturated rings. The second kappa shape index (κ2) is 4.72. The van der Waals surface area contributed by atoms with Crippen LogP contribution in [-0.4, -0.2) is 16.9 Å². The Labute approximate surface area is 98.0 Å². The lowest BCUT2D eigenvalue weighted by atomic mass is 10.1. The zero-order valence-corrected chi connectivity index (χ0v) is 9.55. The maximum absolute atomic E-state index is 12.8. The van der Waals surface area contributed by atoms with Crippen LogP contribution in [-0.2, 0) is 9.59 Å². The van der Waals surface area contributed by atoms with Crippen molar-refractivity contribution in [2.75, 3.05) is 0 Å². The number of carboxylic acid groups (broad SMARTS) is 1. The molecule has 1 aromatic rings. The predicted octanol–water partition coefficient (Wildman–Crippen LogP) is 2.52. The first kappa shape index (κ1) is 12.1. The maximum atomic E-state index is 12.8. The zero-order valence-electron chi connectivity index (χ0n) is 7.21. The second-order valence-corrected chi connectivity index (χ2v) is 4.00. The topological polar surface area (TPSA) is 54.4 Å². The number of hydrogen-bond acceptors (Lipinski definition) is 2. The van der Waals surface area contributed by atoms with Crippen molar-refractivity contribution in [2.45, 2.75) is 5.38 Å². The van der Waals surface area contributed by atoms with E-state index in [0.717, 1.165) is 6.07 Å². The highest BCUT2D eigenvalue weighted by molar-refractivity contribution is 9.10. The summed E-state index contributed by atoms with van der Waals surface area (Å²) in [5, 5.41) is 7.11. The van der Waals surface area contributed by atoms with Gasteiger partial charge in [0.25, 0.3) is 5.78 Å². The summed E-state index contributed by atoms with van der Waals surface area (Å²) in [7, 11) is 0. The van der Waals surface area contributed by atoms with Gasteiger partial charge in [-0.25, -0.2) is 9.18 Å². The Balaban J connectivity index is 3.02. The second-order valence-electron chi connectivity index (χ2n) is 2.71. The quantitative estimate of drug-likeness (QED) is 0.688. The van der Waals surface area contributed by atoms with Crippen LogP contribution in [0.3, 0.4) is 0 Å². The number of aliphatic carboxylic acids is 1. The van der Waals surface area contributed by atoms with E-state index in [1.54, 1.807) is 0 Å². The standard InChI is InChI=1S/C9H5BrClFO3/c10-5-3-4(1-2-6(5)12)7(11)8(13)9(14)15/h1-3,7H,(H,14,15). The van der Waals surface area contributed by atoms with Gasteiger partial charge in [0.2, 0.25) is 0 Å². The third-order valence-corrected chi connectivity index (χ3v) is 2.74. The molecular weight excluding hydrogens is 290 g/mol. The van der Waals surface area contributed by atoms with E-state index in [-0.39, 0.29) is 10.0 Å². The molecule has 0 aliphatic carbocycles. The highest BCUT2D eigenvalue weighted by atomic mass is 79.9. The molecule has 15 heavy (non-hydrogen) atoms. The lowest BCUT2D eigenvalue weighted by molar-refractivity contribution is -0.148. The van der Waals surface area contributed by atoms with Gasteiger partial charge < -0.3 is 5.11 Å². The molecule has 3 nitrogen and oxygen atoms in total. The fourth-order valence-electron chi connectivity index (χ4n) is 0.930. The van der Waals surface area contributed by atoms with E-state index < -0.39 is 22.9 Å². The van der Waals surface area contributed by atoms with Crippen molar-refractivity contribution in [1.82, 2.24) is 0 Å². The van der Waals surface area contributed by atoms with Crippen LogP contribution in [0.15, 0.2) is 22.7 Å². The smallest absolute Gasteiger partial charge is 0.374 e. The van der Waals surface area contributed by atoms with Crippen molar-refractivity contribution in [3.63, 3.8) is 0 Å². The average Bonchev–Trinajstić information content (AvgIpc) is 2.19. The Morgan fingerprint density at radius 2 is 2.07 bits per heavy atom. The van der Waals surface area contributed by atoms with Gasteiger partial charge in [0.1, 0.15) is 11.2 Å². The molecule has 0 heterocycles. The minimum Gasteiger partial charge on any atom is -0.475 e. The zero-order chi connectivity index (χ0) is 11.6. The number of ketones is 1. The van der Waals surface area contributed by atoms with Crippen molar-refractivity contribution in [1.29, 1.82) is 0 Å². The summed E-state index contributed by atoms with van der Waals surface area (Å²) in [6.07, 6.45) is 0. The summed E-state index contributed by atoms with van der Waals surface area (Å²) in [6.45, 7) is 0. The molecule has 0 aliphatic heterocycles. The van der Waals surface area contributed by atoms with Gasteiger partial charge in [0.05, 0.1) is 4.47 Å². The summed E-state index contributed by atoms with van der Waals surface area (Å²) in [6, 6.07) is 3.64. The normalized spacial score (nSPS) is 12.2. The molecule has 1 rings (SSSR count). The molecule has 80 valence electrons. The van der Waals surface area contributed by atoms with Gasteiger partial charge in [-0.2, -0.15) is 0 Å². The number of halogens is 3. The van der Waals surface area contributed by atoms with Gasteiger partial charge in [0.15, 0.2) is 0 Å². The molecule has 0 radical (unpaired) electrons. The summed E-state index contributed by atoms with van der Waals surface area (Å²) in [4.78, 5) is 21.3. The summed E-state index contributed by atoms with van der Waals surface area (Å²) in [5.41, 5.74) is 0.234. The van der Waals surface area contributed by atoms with Gasteiger partial charge in [-0.1, -0.05) is 6.07 Å². The Bertz CT molecular complexity index is 422. The van der Waals surface area contributed by atoms with E-state index in [0.29, 0.717) is 0 Å². The van der Waals surface area contributed by atoms with Crippen molar-refractivity contribution >= 4 is 39.3 Å². The molecule has 1 N–H and O–H groups in total. The van der Waals surface area contributed by atoms with Crippen LogP contribution in [0.1, 0.15) is 10.9 Å².